The van der Waals surface area contributed by atoms with Gasteiger partial charge in [-0.25, -0.2) is 4.79 Å². The average Bonchev–Trinajstić information content (AvgIpc) is 2.70. The average molecular weight is 230 g/mol. The summed E-state index contributed by atoms with van der Waals surface area (Å²) in [6.45, 7) is 4.88. The third-order valence-corrected chi connectivity index (χ3v) is 2.45. The highest BCUT2D eigenvalue weighted by Crippen LogP contribution is 2.24. The quantitative estimate of drug-likeness (QED) is 0.405. The molecule has 0 radical (unpaired) electrons. The second-order valence-electron chi connectivity index (χ2n) is 4.11. The van der Waals surface area contributed by atoms with E-state index in [4.69, 9.17) is 14.6 Å². The molecule has 0 spiro atoms. The maximum atomic E-state index is 11.3. The summed E-state index contributed by atoms with van der Waals surface area (Å²) in [4.78, 5) is 11.3. The molecule has 1 saturated heterocycles. The van der Waals surface area contributed by atoms with Crippen LogP contribution in [0.3, 0.4) is 0 Å². The molecule has 1 rings (SSSR count). The molecule has 0 saturated carbocycles. The molecule has 2 N–H and O–H groups in total. The van der Waals surface area contributed by atoms with Crippen LogP contribution in [0, 0.1) is 0 Å². The number of aliphatic hydroxyl groups is 2. The van der Waals surface area contributed by atoms with Gasteiger partial charge in [-0.15, -0.1) is 0 Å². The van der Waals surface area contributed by atoms with Gasteiger partial charge in [0.15, 0.2) is 0 Å². The van der Waals surface area contributed by atoms with E-state index in [1.165, 1.54) is 6.92 Å². The Balaban J connectivity index is 2.54. The van der Waals surface area contributed by atoms with Gasteiger partial charge >= 0.3 is 5.97 Å². The zero-order valence-corrected chi connectivity index (χ0v) is 9.44. The summed E-state index contributed by atoms with van der Waals surface area (Å²) in [6, 6.07) is 0. The van der Waals surface area contributed by atoms with Gasteiger partial charge in [0, 0.05) is 18.6 Å². The molecule has 0 aromatic heterocycles. The minimum Gasteiger partial charge on any atom is -0.427 e. The lowest BCUT2D eigenvalue weighted by atomic mass is 10.1. The summed E-state index contributed by atoms with van der Waals surface area (Å²) < 4.78 is 10.1. The first kappa shape index (κ1) is 13.2. The lowest BCUT2D eigenvalue weighted by molar-refractivity contribution is -0.230. The standard InChI is InChI=1S/C11H18O5/c1-8(2)10(13)16-11(14,7-12)6-9-4-3-5-15-9/h9,12,14H,1,3-7H2,2H3. The Morgan fingerprint density at radius 1 is 1.69 bits per heavy atom. The van der Waals surface area contributed by atoms with Crippen molar-refractivity contribution in [2.75, 3.05) is 13.2 Å². The van der Waals surface area contributed by atoms with Gasteiger partial charge in [-0.05, 0) is 19.8 Å². The minimum absolute atomic E-state index is 0.0858. The van der Waals surface area contributed by atoms with Crippen LogP contribution in [-0.4, -0.2) is 41.3 Å². The molecule has 5 heteroatoms. The molecular weight excluding hydrogens is 212 g/mol. The zero-order valence-electron chi connectivity index (χ0n) is 9.44. The van der Waals surface area contributed by atoms with E-state index >= 15 is 0 Å². The highest BCUT2D eigenvalue weighted by atomic mass is 16.7. The van der Waals surface area contributed by atoms with Crippen molar-refractivity contribution >= 4 is 5.97 Å². The van der Waals surface area contributed by atoms with E-state index in [-0.39, 0.29) is 18.1 Å². The van der Waals surface area contributed by atoms with E-state index in [1.807, 2.05) is 0 Å². The summed E-state index contributed by atoms with van der Waals surface area (Å²) >= 11 is 0. The Hall–Kier alpha value is -0.910. The van der Waals surface area contributed by atoms with Crippen molar-refractivity contribution in [3.63, 3.8) is 0 Å². The predicted molar refractivity (Wildman–Crippen MR) is 56.5 cm³/mol. The van der Waals surface area contributed by atoms with Gasteiger partial charge in [-0.3, -0.25) is 0 Å². The maximum absolute atomic E-state index is 11.3. The minimum atomic E-state index is -1.87. The lowest BCUT2D eigenvalue weighted by Gasteiger charge is -2.28. The number of hydrogen-bond donors (Lipinski definition) is 2. The number of carbonyl (C=O) groups excluding carboxylic acids is 1. The van der Waals surface area contributed by atoms with E-state index in [9.17, 15) is 9.90 Å². The highest BCUT2D eigenvalue weighted by molar-refractivity contribution is 5.87. The molecule has 0 bridgehead atoms. The first-order chi connectivity index (χ1) is 7.47. The predicted octanol–water partition coefficient (Wildman–Crippen LogP) is 0.356. The Kier molecular flexibility index (Phi) is 4.46. The van der Waals surface area contributed by atoms with Crippen molar-refractivity contribution in [3.05, 3.63) is 12.2 Å². The van der Waals surface area contributed by atoms with Crippen molar-refractivity contribution in [3.8, 4) is 0 Å². The van der Waals surface area contributed by atoms with Crippen LogP contribution in [0.1, 0.15) is 26.2 Å². The van der Waals surface area contributed by atoms with Crippen LogP contribution in [0.4, 0.5) is 0 Å². The van der Waals surface area contributed by atoms with Crippen LogP contribution < -0.4 is 0 Å². The van der Waals surface area contributed by atoms with Crippen molar-refractivity contribution in [2.45, 2.75) is 38.1 Å². The van der Waals surface area contributed by atoms with E-state index in [0.717, 1.165) is 12.8 Å². The molecule has 92 valence electrons. The Morgan fingerprint density at radius 2 is 2.38 bits per heavy atom. The fourth-order valence-corrected chi connectivity index (χ4v) is 1.56. The third kappa shape index (κ3) is 3.59. The van der Waals surface area contributed by atoms with Crippen molar-refractivity contribution in [1.29, 1.82) is 0 Å². The number of hydrogen-bond acceptors (Lipinski definition) is 5. The third-order valence-electron chi connectivity index (χ3n) is 2.45. The molecule has 0 amide bonds. The fourth-order valence-electron chi connectivity index (χ4n) is 1.56. The Bertz CT molecular complexity index is 270. The molecule has 2 unspecified atom stereocenters. The first-order valence-electron chi connectivity index (χ1n) is 5.30. The van der Waals surface area contributed by atoms with Gasteiger partial charge in [0.05, 0.1) is 6.10 Å². The zero-order chi connectivity index (χ0) is 12.2. The molecule has 1 aliphatic rings. The Morgan fingerprint density at radius 3 is 2.81 bits per heavy atom. The summed E-state index contributed by atoms with van der Waals surface area (Å²) in [5.41, 5.74) is 0.180. The lowest BCUT2D eigenvalue weighted by Crippen LogP contribution is -2.42. The molecule has 0 aliphatic carbocycles. The van der Waals surface area contributed by atoms with Crippen LogP contribution in [-0.2, 0) is 14.3 Å². The Labute approximate surface area is 94.7 Å². The summed E-state index contributed by atoms with van der Waals surface area (Å²) in [6.07, 6.45) is 1.63. The number of aliphatic hydroxyl groups excluding tert-OH is 1. The number of carbonyl (C=O) groups is 1. The van der Waals surface area contributed by atoms with E-state index in [0.29, 0.717) is 6.61 Å². The highest BCUT2D eigenvalue weighted by Gasteiger charge is 2.35. The molecule has 1 aliphatic heterocycles. The SMILES string of the molecule is C=C(C)C(=O)OC(O)(CO)CC1CCCO1. The normalized spacial score (nSPS) is 23.8. The molecule has 2 atom stereocenters. The second-order valence-corrected chi connectivity index (χ2v) is 4.11. The van der Waals surface area contributed by atoms with Gasteiger partial charge in [-0.1, -0.05) is 6.58 Å². The van der Waals surface area contributed by atoms with Crippen LogP contribution >= 0.6 is 0 Å². The van der Waals surface area contributed by atoms with Crippen LogP contribution in [0.2, 0.25) is 0 Å². The van der Waals surface area contributed by atoms with Crippen LogP contribution in [0.5, 0.6) is 0 Å². The van der Waals surface area contributed by atoms with Crippen LogP contribution in [0.25, 0.3) is 0 Å². The number of ether oxygens (including phenoxy) is 2. The van der Waals surface area contributed by atoms with Gasteiger partial charge in [-0.2, -0.15) is 0 Å². The van der Waals surface area contributed by atoms with E-state index in [1.54, 1.807) is 0 Å². The van der Waals surface area contributed by atoms with E-state index < -0.39 is 18.4 Å². The molecule has 0 aromatic rings. The van der Waals surface area contributed by atoms with Crippen molar-refractivity contribution in [1.82, 2.24) is 0 Å². The fraction of sp³-hybridized carbons (Fsp3) is 0.727. The van der Waals surface area contributed by atoms with Gasteiger partial charge in [0.2, 0.25) is 5.79 Å². The van der Waals surface area contributed by atoms with Gasteiger partial charge in [0.1, 0.15) is 6.61 Å². The van der Waals surface area contributed by atoms with Crippen molar-refractivity contribution in [2.24, 2.45) is 0 Å². The maximum Gasteiger partial charge on any atom is 0.335 e. The number of esters is 1. The smallest absolute Gasteiger partial charge is 0.335 e. The monoisotopic (exact) mass is 230 g/mol. The second kappa shape index (κ2) is 5.43. The van der Waals surface area contributed by atoms with Gasteiger partial charge < -0.3 is 19.7 Å². The largest absolute Gasteiger partial charge is 0.427 e. The summed E-state index contributed by atoms with van der Waals surface area (Å²) in [7, 11) is 0. The topological polar surface area (TPSA) is 76.0 Å². The first-order valence-corrected chi connectivity index (χ1v) is 5.30. The van der Waals surface area contributed by atoms with Crippen LogP contribution in [0.15, 0.2) is 12.2 Å². The molecular formula is C11H18O5. The molecule has 1 heterocycles. The molecule has 16 heavy (non-hydrogen) atoms. The summed E-state index contributed by atoms with van der Waals surface area (Å²) in [5.74, 6) is -2.58. The van der Waals surface area contributed by atoms with E-state index in [2.05, 4.69) is 6.58 Å². The molecule has 0 aromatic carbocycles. The molecule has 5 nitrogen and oxygen atoms in total. The summed E-state index contributed by atoms with van der Waals surface area (Å²) in [5, 5.41) is 18.9. The van der Waals surface area contributed by atoms with Crippen molar-refractivity contribution < 1.29 is 24.5 Å². The van der Waals surface area contributed by atoms with Gasteiger partial charge in [0.25, 0.3) is 0 Å². The number of rotatable bonds is 5. The molecule has 1 fully saturated rings.